The average Bonchev–Trinajstić information content (AvgIpc) is 3.01. The fraction of sp³-hybridized carbons (Fsp3) is 0.400. The molecular formula is C25H35FN2OS. The average molecular weight is 431 g/mol. The number of anilines is 1. The van der Waals surface area contributed by atoms with Gasteiger partial charge in [-0.3, -0.25) is 0 Å². The van der Waals surface area contributed by atoms with Gasteiger partial charge in [0.15, 0.2) is 0 Å². The number of phenols is 1. The van der Waals surface area contributed by atoms with E-state index in [0.717, 1.165) is 10.5 Å². The minimum absolute atomic E-state index is 0.194. The van der Waals surface area contributed by atoms with Crippen LogP contribution in [0.3, 0.4) is 0 Å². The lowest BCUT2D eigenvalue weighted by Crippen LogP contribution is -2.35. The third-order valence-electron chi connectivity index (χ3n) is 5.64. The smallest absolute Gasteiger partial charge is 0.147 e. The second-order valence-electron chi connectivity index (χ2n) is 7.87. The van der Waals surface area contributed by atoms with Gasteiger partial charge in [-0.15, -0.1) is 0 Å². The molecule has 1 aliphatic carbocycles. The van der Waals surface area contributed by atoms with Crippen LogP contribution in [-0.2, 0) is 0 Å². The number of nitrogens with zero attached hydrogens (tertiary/aromatic N) is 1. The summed E-state index contributed by atoms with van der Waals surface area (Å²) in [6.45, 7) is 7.36. The quantitative estimate of drug-likeness (QED) is 0.406. The highest BCUT2D eigenvalue weighted by Crippen LogP contribution is 2.42. The van der Waals surface area contributed by atoms with Gasteiger partial charge in [-0.25, -0.2) is 4.39 Å². The number of aromatic hydroxyl groups is 1. The highest BCUT2D eigenvalue weighted by atomic mass is 32.2. The van der Waals surface area contributed by atoms with Gasteiger partial charge in [0.2, 0.25) is 0 Å². The van der Waals surface area contributed by atoms with Gasteiger partial charge >= 0.3 is 0 Å². The van der Waals surface area contributed by atoms with Crippen molar-refractivity contribution in [1.29, 1.82) is 0 Å². The van der Waals surface area contributed by atoms with Gasteiger partial charge in [0.1, 0.15) is 11.6 Å². The van der Waals surface area contributed by atoms with Gasteiger partial charge in [-0.1, -0.05) is 54.9 Å². The largest absolute Gasteiger partial charge is 0.508 e. The molecule has 164 valence electrons. The van der Waals surface area contributed by atoms with Gasteiger partial charge in [0.05, 0.1) is 5.69 Å². The number of rotatable bonds is 5. The van der Waals surface area contributed by atoms with E-state index in [-0.39, 0.29) is 17.6 Å². The van der Waals surface area contributed by atoms with Crippen molar-refractivity contribution >= 4 is 22.2 Å². The van der Waals surface area contributed by atoms with Crippen molar-refractivity contribution < 1.29 is 9.50 Å². The summed E-state index contributed by atoms with van der Waals surface area (Å²) in [5.74, 6) is 5.02. The first-order chi connectivity index (χ1) is 14.4. The summed E-state index contributed by atoms with van der Waals surface area (Å²) in [7, 11) is -0.554. The van der Waals surface area contributed by atoms with Crippen molar-refractivity contribution in [1.82, 2.24) is 0 Å². The van der Waals surface area contributed by atoms with Crippen molar-refractivity contribution in [3.63, 3.8) is 0 Å². The maximum Gasteiger partial charge on any atom is 0.147 e. The Balaban J connectivity index is 0.00000101. The lowest BCUT2D eigenvalue weighted by molar-refractivity contribution is 0.396. The Morgan fingerprint density at radius 2 is 1.70 bits per heavy atom. The van der Waals surface area contributed by atoms with Crippen LogP contribution in [0.5, 0.6) is 5.75 Å². The third-order valence-corrected chi connectivity index (χ3v) is 7.46. The van der Waals surface area contributed by atoms with Crippen molar-refractivity contribution in [3.8, 4) is 5.75 Å². The highest BCUT2D eigenvalue weighted by molar-refractivity contribution is 8.15. The van der Waals surface area contributed by atoms with Gasteiger partial charge in [-0.05, 0) is 80.8 Å². The topological polar surface area (TPSA) is 49.5 Å². The van der Waals surface area contributed by atoms with Crippen LogP contribution in [0, 0.1) is 18.7 Å². The Morgan fingerprint density at radius 3 is 2.27 bits per heavy atom. The van der Waals surface area contributed by atoms with Gasteiger partial charge in [0, 0.05) is 10.9 Å². The monoisotopic (exact) mass is 430 g/mol. The van der Waals surface area contributed by atoms with E-state index in [0.29, 0.717) is 11.6 Å². The molecule has 2 atom stereocenters. The lowest BCUT2D eigenvalue weighted by Gasteiger charge is -2.38. The Labute approximate surface area is 183 Å². The minimum atomic E-state index is -0.554. The molecule has 5 heteroatoms. The van der Waals surface area contributed by atoms with E-state index in [9.17, 15) is 9.50 Å². The molecule has 0 aromatic heterocycles. The van der Waals surface area contributed by atoms with Gasteiger partial charge < -0.3 is 15.1 Å². The Hall–Kier alpha value is -2.27. The number of hydrogen-bond donors (Lipinski definition) is 2. The number of phenolic OH excluding ortho intramolecular Hbond substituents is 1. The van der Waals surface area contributed by atoms with Crippen molar-refractivity contribution in [2.75, 3.05) is 4.31 Å². The fourth-order valence-corrected chi connectivity index (χ4v) is 5.66. The summed E-state index contributed by atoms with van der Waals surface area (Å²) >= 11 is 0. The number of nitrogens with two attached hydrogens (primary N) is 1. The van der Waals surface area contributed by atoms with E-state index >= 15 is 0 Å². The molecule has 0 bridgehead atoms. The first-order valence-corrected chi connectivity index (χ1v) is 11.9. The molecule has 3 nitrogen and oxygen atoms in total. The molecule has 1 unspecified atom stereocenters. The number of halogens is 1. The second-order valence-corrected chi connectivity index (χ2v) is 9.46. The summed E-state index contributed by atoms with van der Waals surface area (Å²) in [6.07, 6.45) is 8.74. The maximum atomic E-state index is 14.9. The van der Waals surface area contributed by atoms with Crippen molar-refractivity contribution in [3.05, 3.63) is 66.6 Å². The molecule has 0 spiro atoms. The first kappa shape index (κ1) is 24.0. The number of hydrogen-bond acceptors (Lipinski definition) is 3. The van der Waals surface area contributed by atoms with E-state index in [1.54, 1.807) is 18.2 Å². The van der Waals surface area contributed by atoms with Crippen LogP contribution in [0.1, 0.15) is 51.0 Å². The molecule has 3 rings (SSSR count). The Kier molecular flexibility index (Phi) is 9.44. The normalized spacial score (nSPS) is 16.5. The van der Waals surface area contributed by atoms with Crippen LogP contribution in [0.4, 0.5) is 10.1 Å². The zero-order chi connectivity index (χ0) is 22.1. The van der Waals surface area contributed by atoms with Gasteiger partial charge in [0.25, 0.3) is 0 Å². The summed E-state index contributed by atoms with van der Waals surface area (Å²) in [5.41, 5.74) is 6.30. The summed E-state index contributed by atoms with van der Waals surface area (Å²) in [4.78, 5) is 1.01. The number of aryl methyl sites for hydroxylation is 1. The van der Waals surface area contributed by atoms with E-state index in [1.807, 2.05) is 31.2 Å². The molecule has 0 saturated heterocycles. The summed E-state index contributed by atoms with van der Waals surface area (Å²) in [6, 6.07) is 12.7. The standard InChI is InChI=1S/C23H30FNOS.C2H5N/c1-17-10-15-22(24)23(16-17)25(18(2)19-8-6-4-5-7-9-19)27(3)21-13-11-20(26)12-14-21;1-2-3/h10-16,18-19,26H,3-9H2,1-2H3;2H,1,3H2/t18-,27?;/m0./s1. The first-order valence-electron chi connectivity index (χ1n) is 10.6. The third kappa shape index (κ3) is 6.36. The van der Waals surface area contributed by atoms with Crippen molar-refractivity contribution in [2.24, 2.45) is 11.7 Å². The molecule has 1 fully saturated rings. The molecule has 30 heavy (non-hydrogen) atoms. The van der Waals surface area contributed by atoms with E-state index in [2.05, 4.69) is 29.4 Å². The van der Waals surface area contributed by atoms with E-state index in [1.165, 1.54) is 44.7 Å². The fourth-order valence-electron chi connectivity index (χ4n) is 4.03. The molecular weight excluding hydrogens is 395 g/mol. The van der Waals surface area contributed by atoms with Crippen LogP contribution in [0.15, 0.2) is 60.1 Å². The molecule has 0 heterocycles. The van der Waals surface area contributed by atoms with Crippen LogP contribution < -0.4 is 10.0 Å². The van der Waals surface area contributed by atoms with E-state index < -0.39 is 10.7 Å². The molecule has 3 N–H and O–H groups in total. The number of benzene rings is 2. The molecule has 0 radical (unpaired) electrons. The molecule has 1 saturated carbocycles. The predicted octanol–water partition coefficient (Wildman–Crippen LogP) is 6.77. The summed E-state index contributed by atoms with van der Waals surface area (Å²) in [5, 5.41) is 9.63. The highest BCUT2D eigenvalue weighted by Gasteiger charge is 2.28. The molecule has 0 aliphatic heterocycles. The van der Waals surface area contributed by atoms with Crippen LogP contribution in [0.25, 0.3) is 0 Å². The molecule has 0 amide bonds. The van der Waals surface area contributed by atoms with Crippen molar-refractivity contribution in [2.45, 2.75) is 63.3 Å². The van der Waals surface area contributed by atoms with Crippen LogP contribution in [-0.4, -0.2) is 17.0 Å². The van der Waals surface area contributed by atoms with Gasteiger partial charge in [-0.2, -0.15) is 0 Å². The Bertz CT molecular complexity index is 830. The Morgan fingerprint density at radius 1 is 1.13 bits per heavy atom. The minimum Gasteiger partial charge on any atom is -0.508 e. The van der Waals surface area contributed by atoms with Crippen LogP contribution >= 0.6 is 10.7 Å². The molecule has 2 aromatic carbocycles. The lowest BCUT2D eigenvalue weighted by atomic mass is 9.92. The second kappa shape index (κ2) is 11.8. The van der Waals surface area contributed by atoms with E-state index in [4.69, 9.17) is 0 Å². The zero-order valence-electron chi connectivity index (χ0n) is 18.2. The SMILES string of the molecule is C=CN.C=S(c1ccc(O)cc1)N(c1cc(C)ccc1F)[C@@H](C)C1CCCCCC1. The predicted molar refractivity (Wildman–Crippen MR) is 130 cm³/mol. The molecule has 2 aromatic rings. The van der Waals surface area contributed by atoms with Crippen LogP contribution in [0.2, 0.25) is 0 Å². The zero-order valence-corrected chi connectivity index (χ0v) is 19.0. The maximum absolute atomic E-state index is 14.9. The molecule has 1 aliphatic rings. The summed E-state index contributed by atoms with van der Waals surface area (Å²) < 4.78 is 17.0.